The summed E-state index contributed by atoms with van der Waals surface area (Å²) in [6, 6.07) is 5.99. The molecule has 0 radical (unpaired) electrons. The fourth-order valence-electron chi connectivity index (χ4n) is 1.73. The van der Waals surface area contributed by atoms with Crippen LogP contribution in [0.2, 0.25) is 0 Å². The first-order valence-electron chi connectivity index (χ1n) is 5.50. The molecule has 0 saturated heterocycles. The number of halogens is 1. The molecule has 1 aromatic rings. The van der Waals surface area contributed by atoms with E-state index >= 15 is 0 Å². The predicted molar refractivity (Wildman–Crippen MR) is 60.5 cm³/mol. The molecule has 0 aliphatic heterocycles. The van der Waals surface area contributed by atoms with Crippen molar-refractivity contribution >= 4 is 0 Å². The molecule has 0 aromatic heterocycles. The van der Waals surface area contributed by atoms with Crippen LogP contribution in [0.25, 0.3) is 0 Å². The molecule has 0 aliphatic rings. The summed E-state index contributed by atoms with van der Waals surface area (Å²) < 4.78 is 12.7. The maximum atomic E-state index is 12.7. The van der Waals surface area contributed by atoms with Crippen LogP contribution in [0.15, 0.2) is 24.3 Å². The number of nitro groups is 1. The average molecular weight is 225 g/mol. The number of hydrogen-bond acceptors (Lipinski definition) is 2. The standard InChI is InChI=1S/C12H16FNO2/c1-2-3-4-11(9-14(15)16)10-5-7-12(13)8-6-10/h5-8,11H,2-4,9H2,1H3/t11-/m1/s1. The summed E-state index contributed by atoms with van der Waals surface area (Å²) in [5, 5.41) is 10.5. The Morgan fingerprint density at radius 1 is 1.38 bits per heavy atom. The van der Waals surface area contributed by atoms with E-state index in [0.717, 1.165) is 24.8 Å². The van der Waals surface area contributed by atoms with Gasteiger partial charge in [0, 0.05) is 10.8 Å². The van der Waals surface area contributed by atoms with Crippen molar-refractivity contribution in [3.8, 4) is 0 Å². The van der Waals surface area contributed by atoms with Crippen molar-refractivity contribution < 1.29 is 9.31 Å². The van der Waals surface area contributed by atoms with E-state index in [1.807, 2.05) is 6.92 Å². The first kappa shape index (κ1) is 12.6. The summed E-state index contributed by atoms with van der Waals surface area (Å²) in [4.78, 5) is 10.2. The number of unbranched alkanes of at least 4 members (excludes halogenated alkanes) is 1. The fourth-order valence-corrected chi connectivity index (χ4v) is 1.73. The zero-order valence-electron chi connectivity index (χ0n) is 9.36. The molecule has 0 unspecified atom stereocenters. The second-order valence-corrected chi connectivity index (χ2v) is 3.91. The lowest BCUT2D eigenvalue weighted by Gasteiger charge is -2.12. The average Bonchev–Trinajstić information content (AvgIpc) is 2.25. The van der Waals surface area contributed by atoms with Crippen molar-refractivity contribution in [1.29, 1.82) is 0 Å². The van der Waals surface area contributed by atoms with Gasteiger partial charge in [0.2, 0.25) is 6.54 Å². The molecule has 0 bridgehead atoms. The molecular weight excluding hydrogens is 209 g/mol. The monoisotopic (exact) mass is 225 g/mol. The Hall–Kier alpha value is -1.45. The van der Waals surface area contributed by atoms with E-state index in [1.54, 1.807) is 12.1 Å². The lowest BCUT2D eigenvalue weighted by atomic mass is 9.94. The molecule has 1 rings (SSSR count). The zero-order valence-corrected chi connectivity index (χ0v) is 9.36. The van der Waals surface area contributed by atoms with Gasteiger partial charge in [0.25, 0.3) is 0 Å². The van der Waals surface area contributed by atoms with Gasteiger partial charge in [-0.3, -0.25) is 10.1 Å². The third-order valence-electron chi connectivity index (χ3n) is 2.62. The minimum absolute atomic E-state index is 0.0777. The van der Waals surface area contributed by atoms with E-state index in [1.165, 1.54) is 12.1 Å². The van der Waals surface area contributed by atoms with Gasteiger partial charge in [-0.2, -0.15) is 0 Å². The van der Waals surface area contributed by atoms with Crippen molar-refractivity contribution in [1.82, 2.24) is 0 Å². The Balaban J connectivity index is 2.74. The normalized spacial score (nSPS) is 12.4. The molecule has 0 aliphatic carbocycles. The second-order valence-electron chi connectivity index (χ2n) is 3.91. The van der Waals surface area contributed by atoms with Crippen molar-refractivity contribution in [3.63, 3.8) is 0 Å². The third kappa shape index (κ3) is 3.96. The first-order valence-corrected chi connectivity index (χ1v) is 5.50. The third-order valence-corrected chi connectivity index (χ3v) is 2.62. The van der Waals surface area contributed by atoms with Gasteiger partial charge in [0.05, 0.1) is 0 Å². The Bertz CT molecular complexity index is 337. The van der Waals surface area contributed by atoms with Crippen LogP contribution in [0.3, 0.4) is 0 Å². The van der Waals surface area contributed by atoms with Gasteiger partial charge < -0.3 is 0 Å². The van der Waals surface area contributed by atoms with Crippen molar-refractivity contribution in [2.75, 3.05) is 6.54 Å². The summed E-state index contributed by atoms with van der Waals surface area (Å²) in [6.07, 6.45) is 2.74. The van der Waals surface area contributed by atoms with Crippen LogP contribution in [-0.4, -0.2) is 11.5 Å². The van der Waals surface area contributed by atoms with Crippen LogP contribution in [0, 0.1) is 15.9 Å². The van der Waals surface area contributed by atoms with Gasteiger partial charge in [0.1, 0.15) is 5.82 Å². The highest BCUT2D eigenvalue weighted by Crippen LogP contribution is 2.22. The van der Waals surface area contributed by atoms with Crippen LogP contribution in [0.4, 0.5) is 4.39 Å². The molecule has 1 aromatic carbocycles. The molecule has 3 nitrogen and oxygen atoms in total. The largest absolute Gasteiger partial charge is 0.265 e. The van der Waals surface area contributed by atoms with Gasteiger partial charge >= 0.3 is 0 Å². The van der Waals surface area contributed by atoms with Gasteiger partial charge in [-0.15, -0.1) is 0 Å². The Morgan fingerprint density at radius 3 is 2.50 bits per heavy atom. The maximum absolute atomic E-state index is 12.7. The van der Waals surface area contributed by atoms with Crippen molar-refractivity contribution in [2.24, 2.45) is 0 Å². The van der Waals surface area contributed by atoms with Crippen molar-refractivity contribution in [2.45, 2.75) is 32.1 Å². The van der Waals surface area contributed by atoms with Crippen LogP contribution in [0.1, 0.15) is 37.7 Å². The van der Waals surface area contributed by atoms with Gasteiger partial charge in [-0.1, -0.05) is 31.9 Å². The lowest BCUT2D eigenvalue weighted by molar-refractivity contribution is -0.483. The minimum atomic E-state index is -0.306. The molecule has 16 heavy (non-hydrogen) atoms. The molecule has 88 valence electrons. The quantitative estimate of drug-likeness (QED) is 0.550. The predicted octanol–water partition coefficient (Wildman–Crippen LogP) is 3.38. The summed E-state index contributed by atoms with van der Waals surface area (Å²) in [6.45, 7) is 1.97. The van der Waals surface area contributed by atoms with Crippen LogP contribution in [-0.2, 0) is 0 Å². The topological polar surface area (TPSA) is 43.1 Å². The minimum Gasteiger partial charge on any atom is -0.265 e. The highest BCUT2D eigenvalue weighted by Gasteiger charge is 2.17. The molecule has 0 spiro atoms. The summed E-state index contributed by atoms with van der Waals surface area (Å²) >= 11 is 0. The van der Waals surface area contributed by atoms with E-state index in [2.05, 4.69) is 0 Å². The molecule has 0 N–H and O–H groups in total. The zero-order chi connectivity index (χ0) is 12.0. The van der Waals surface area contributed by atoms with E-state index in [-0.39, 0.29) is 23.2 Å². The van der Waals surface area contributed by atoms with Crippen LogP contribution in [0.5, 0.6) is 0 Å². The highest BCUT2D eigenvalue weighted by atomic mass is 19.1. The highest BCUT2D eigenvalue weighted by molar-refractivity contribution is 5.20. The number of rotatable bonds is 6. The van der Waals surface area contributed by atoms with Crippen molar-refractivity contribution in [3.05, 3.63) is 45.8 Å². The lowest BCUT2D eigenvalue weighted by Crippen LogP contribution is -2.12. The SMILES string of the molecule is CCCC[C@H](C[N+](=O)[O-])c1ccc(F)cc1. The summed E-state index contributed by atoms with van der Waals surface area (Å²) in [7, 11) is 0. The van der Waals surface area contributed by atoms with Crippen LogP contribution < -0.4 is 0 Å². The molecule has 0 saturated carbocycles. The Labute approximate surface area is 94.4 Å². The summed E-state index contributed by atoms with van der Waals surface area (Å²) in [5.74, 6) is -0.408. The van der Waals surface area contributed by atoms with E-state index in [9.17, 15) is 14.5 Å². The molecule has 4 heteroatoms. The maximum Gasteiger partial charge on any atom is 0.210 e. The smallest absolute Gasteiger partial charge is 0.210 e. The van der Waals surface area contributed by atoms with Gasteiger partial charge in [0.15, 0.2) is 0 Å². The number of nitrogens with zero attached hydrogens (tertiary/aromatic N) is 1. The van der Waals surface area contributed by atoms with E-state index in [4.69, 9.17) is 0 Å². The molecule has 0 amide bonds. The van der Waals surface area contributed by atoms with Gasteiger partial charge in [-0.05, 0) is 24.1 Å². The second kappa shape index (κ2) is 6.20. The van der Waals surface area contributed by atoms with Crippen LogP contribution >= 0.6 is 0 Å². The number of benzene rings is 1. The first-order chi connectivity index (χ1) is 7.63. The Kier molecular flexibility index (Phi) is 4.89. The van der Waals surface area contributed by atoms with Gasteiger partial charge in [-0.25, -0.2) is 4.39 Å². The fraction of sp³-hybridized carbons (Fsp3) is 0.500. The summed E-state index contributed by atoms with van der Waals surface area (Å²) in [5.41, 5.74) is 0.853. The molecular formula is C12H16FNO2. The molecule has 0 fully saturated rings. The molecule has 0 heterocycles. The Morgan fingerprint density at radius 2 is 2.00 bits per heavy atom. The number of hydrogen-bond donors (Lipinski definition) is 0. The van der Waals surface area contributed by atoms with E-state index < -0.39 is 0 Å². The molecule has 1 atom stereocenters. The van der Waals surface area contributed by atoms with E-state index in [0.29, 0.717) is 0 Å².